The van der Waals surface area contributed by atoms with Gasteiger partial charge in [-0.05, 0) is 0 Å². The number of aliphatic hydroxyl groups is 4. The third kappa shape index (κ3) is 2.82. The van der Waals surface area contributed by atoms with Gasteiger partial charge in [-0.2, -0.15) is 0 Å². The van der Waals surface area contributed by atoms with Gasteiger partial charge in [-0.25, -0.2) is 4.39 Å². The first-order chi connectivity index (χ1) is 5.54. The van der Waals surface area contributed by atoms with Crippen molar-refractivity contribution in [2.24, 2.45) is 0 Å². The lowest BCUT2D eigenvalue weighted by molar-refractivity contribution is -0.126. The van der Waals surface area contributed by atoms with Gasteiger partial charge in [0.2, 0.25) is 0 Å². The first-order valence-corrected chi connectivity index (χ1v) is 3.29. The minimum atomic E-state index is -2.29. The second-order valence-corrected chi connectivity index (χ2v) is 2.31. The van der Waals surface area contributed by atoms with Gasteiger partial charge in [0.25, 0.3) is 0 Å². The summed E-state index contributed by atoms with van der Waals surface area (Å²) in [7, 11) is 0. The highest BCUT2D eigenvalue weighted by Crippen LogP contribution is 2.07. The average Bonchev–Trinajstić information content (AvgIpc) is 2.12. The van der Waals surface area contributed by atoms with Crippen LogP contribution in [-0.2, 0) is 4.79 Å². The number of aliphatic hydroxyl groups excluding tert-OH is 4. The van der Waals surface area contributed by atoms with Crippen molar-refractivity contribution in [3.63, 3.8) is 0 Å². The molecule has 0 aliphatic carbocycles. The molecule has 0 rings (SSSR count). The van der Waals surface area contributed by atoms with Crippen molar-refractivity contribution in [1.29, 1.82) is 0 Å². The van der Waals surface area contributed by atoms with Crippen LogP contribution in [0.4, 0.5) is 4.39 Å². The van der Waals surface area contributed by atoms with E-state index in [9.17, 15) is 9.18 Å². The summed E-state index contributed by atoms with van der Waals surface area (Å²) in [6.45, 7) is -0.840. The largest absolute Gasteiger partial charge is 0.394 e. The van der Waals surface area contributed by atoms with E-state index in [4.69, 9.17) is 20.4 Å². The molecule has 72 valence electrons. The van der Waals surface area contributed by atoms with Crippen molar-refractivity contribution in [2.75, 3.05) is 6.61 Å². The molecule has 0 aromatic carbocycles. The zero-order valence-corrected chi connectivity index (χ0v) is 6.17. The highest BCUT2D eigenvalue weighted by atomic mass is 19.1. The number of alkyl halides is 1. The van der Waals surface area contributed by atoms with E-state index in [1.165, 1.54) is 0 Å². The van der Waals surface area contributed by atoms with E-state index < -0.39 is 31.1 Å². The average molecular weight is 183 g/mol. The van der Waals surface area contributed by atoms with Crippen LogP contribution in [-0.4, -0.2) is 57.8 Å². The Hall–Kier alpha value is -0.560. The Kier molecular flexibility index (Phi) is 4.91. The molecular weight excluding hydrogens is 172 g/mol. The van der Waals surface area contributed by atoms with E-state index in [1.807, 2.05) is 0 Å². The first kappa shape index (κ1) is 11.4. The fraction of sp³-hybridized carbons (Fsp3) is 0.833. The molecule has 12 heavy (non-hydrogen) atoms. The van der Waals surface area contributed by atoms with Crippen LogP contribution in [0.25, 0.3) is 0 Å². The molecule has 0 saturated heterocycles. The van der Waals surface area contributed by atoms with E-state index in [0.29, 0.717) is 0 Å². The van der Waals surface area contributed by atoms with Crippen LogP contribution in [0.2, 0.25) is 0 Å². The Morgan fingerprint density at radius 3 is 2.17 bits per heavy atom. The van der Waals surface area contributed by atoms with E-state index in [0.717, 1.165) is 0 Å². The molecule has 0 aliphatic rings. The van der Waals surface area contributed by atoms with Gasteiger partial charge in [0, 0.05) is 0 Å². The van der Waals surface area contributed by atoms with Crippen molar-refractivity contribution in [3.05, 3.63) is 0 Å². The Morgan fingerprint density at radius 2 is 1.83 bits per heavy atom. The summed E-state index contributed by atoms with van der Waals surface area (Å²) in [5.41, 5.74) is 0. The summed E-state index contributed by atoms with van der Waals surface area (Å²) >= 11 is 0. The Bertz CT molecular complexity index is 142. The zero-order chi connectivity index (χ0) is 9.72. The van der Waals surface area contributed by atoms with Crippen molar-refractivity contribution in [1.82, 2.24) is 0 Å². The number of hydrogen-bond acceptors (Lipinski definition) is 5. The van der Waals surface area contributed by atoms with Crippen LogP contribution in [0.1, 0.15) is 0 Å². The monoisotopic (exact) mass is 183 g/mol. The number of carbonyl (C=O) groups is 1. The molecule has 5 nitrogen and oxygen atoms in total. The van der Waals surface area contributed by atoms with Crippen molar-refractivity contribution in [3.8, 4) is 0 Å². The molecule has 0 aromatic heterocycles. The lowest BCUT2D eigenvalue weighted by atomic mass is 10.1. The van der Waals surface area contributed by atoms with Gasteiger partial charge in [-0.1, -0.05) is 0 Å². The topological polar surface area (TPSA) is 98.0 Å². The number of carbonyl (C=O) groups excluding carboxylic acids is 1. The fourth-order valence-corrected chi connectivity index (χ4v) is 0.597. The number of hydrogen-bond donors (Lipinski definition) is 4. The maximum Gasteiger partial charge on any atom is 0.161 e. The smallest absolute Gasteiger partial charge is 0.161 e. The maximum atomic E-state index is 12.6. The van der Waals surface area contributed by atoms with E-state index in [1.54, 1.807) is 0 Å². The molecule has 4 N–H and O–H groups in total. The molecule has 4 atom stereocenters. The summed E-state index contributed by atoms with van der Waals surface area (Å²) in [5, 5.41) is 34.3. The summed E-state index contributed by atoms with van der Waals surface area (Å²) in [5.74, 6) is 0. The Labute approximate surface area is 68.1 Å². The minimum Gasteiger partial charge on any atom is -0.394 e. The van der Waals surface area contributed by atoms with Crippen molar-refractivity contribution < 1.29 is 29.6 Å². The lowest BCUT2D eigenvalue weighted by Crippen LogP contribution is -2.43. The standard InChI is InChI=1S/C6H11FO5/c7-5(3(10)1-8)6(12)4(11)2-9/h1,3-6,9-12H,2H2/i1+1. The van der Waals surface area contributed by atoms with Gasteiger partial charge in [-0.3, -0.25) is 0 Å². The predicted molar refractivity (Wildman–Crippen MR) is 36.1 cm³/mol. The quantitative estimate of drug-likeness (QED) is 0.281. The summed E-state index contributed by atoms with van der Waals surface area (Å²) in [6, 6.07) is 0. The van der Waals surface area contributed by atoms with Crippen molar-refractivity contribution >= 4 is 6.29 Å². The highest BCUT2D eigenvalue weighted by Gasteiger charge is 2.31. The predicted octanol–water partition coefficient (Wildman–Crippen LogP) is -2.40. The molecule has 0 radical (unpaired) electrons. The van der Waals surface area contributed by atoms with Crippen molar-refractivity contribution in [2.45, 2.75) is 24.5 Å². The molecule has 0 bridgehead atoms. The molecule has 0 heterocycles. The lowest BCUT2D eigenvalue weighted by Gasteiger charge is -2.20. The SMILES string of the molecule is O=[13CH]C(O)C(F)C(O)C(O)CO. The van der Waals surface area contributed by atoms with Gasteiger partial charge in [0.1, 0.15) is 18.3 Å². The van der Waals surface area contributed by atoms with E-state index in [-0.39, 0.29) is 6.29 Å². The van der Waals surface area contributed by atoms with E-state index in [2.05, 4.69) is 0 Å². The molecule has 4 unspecified atom stereocenters. The fourth-order valence-electron chi connectivity index (χ4n) is 0.597. The zero-order valence-electron chi connectivity index (χ0n) is 6.17. The van der Waals surface area contributed by atoms with Crippen LogP contribution in [0, 0.1) is 0 Å². The van der Waals surface area contributed by atoms with Gasteiger partial charge < -0.3 is 25.2 Å². The van der Waals surface area contributed by atoms with Crippen LogP contribution < -0.4 is 0 Å². The second kappa shape index (κ2) is 5.15. The summed E-state index contributed by atoms with van der Waals surface area (Å²) in [4.78, 5) is 9.82. The second-order valence-electron chi connectivity index (χ2n) is 2.31. The molecule has 6 heteroatoms. The number of rotatable bonds is 5. The molecule has 0 aromatic rings. The minimum absolute atomic E-state index is 0.0992. The van der Waals surface area contributed by atoms with Crippen LogP contribution >= 0.6 is 0 Å². The van der Waals surface area contributed by atoms with Crippen LogP contribution in [0.15, 0.2) is 0 Å². The third-order valence-electron chi connectivity index (χ3n) is 1.37. The van der Waals surface area contributed by atoms with Gasteiger partial charge >= 0.3 is 0 Å². The third-order valence-corrected chi connectivity index (χ3v) is 1.37. The van der Waals surface area contributed by atoms with Crippen LogP contribution in [0.5, 0.6) is 0 Å². The molecule has 0 saturated carbocycles. The number of halogens is 1. The molecule has 0 amide bonds. The number of aldehydes is 1. The maximum absolute atomic E-state index is 12.6. The van der Waals surface area contributed by atoms with E-state index >= 15 is 0 Å². The first-order valence-electron chi connectivity index (χ1n) is 3.29. The molecular formula is C6H11FO5. The van der Waals surface area contributed by atoms with Crippen LogP contribution in [0.3, 0.4) is 0 Å². The van der Waals surface area contributed by atoms with Gasteiger partial charge in [0.05, 0.1) is 6.61 Å². The summed E-state index contributed by atoms with van der Waals surface area (Å²) < 4.78 is 12.6. The molecule has 0 aliphatic heterocycles. The van der Waals surface area contributed by atoms with Gasteiger partial charge in [0.15, 0.2) is 12.5 Å². The highest BCUT2D eigenvalue weighted by molar-refractivity contribution is 5.56. The molecule has 0 fully saturated rings. The Balaban J connectivity index is 4.07. The summed E-state index contributed by atoms with van der Waals surface area (Å²) in [6.07, 6.45) is -8.03. The molecule has 0 spiro atoms. The van der Waals surface area contributed by atoms with Gasteiger partial charge in [-0.15, -0.1) is 0 Å². The Morgan fingerprint density at radius 1 is 1.33 bits per heavy atom. The normalized spacial score (nSPS) is 21.1.